The van der Waals surface area contributed by atoms with Gasteiger partial charge in [-0.05, 0) is 50.3 Å². The molecule has 0 saturated carbocycles. The van der Waals surface area contributed by atoms with Crippen molar-refractivity contribution in [2.45, 2.75) is 40.2 Å². The molecule has 1 aliphatic heterocycles. The van der Waals surface area contributed by atoms with Crippen molar-refractivity contribution in [3.05, 3.63) is 40.2 Å². The van der Waals surface area contributed by atoms with Gasteiger partial charge in [0.1, 0.15) is 0 Å². The van der Waals surface area contributed by atoms with Gasteiger partial charge in [0.25, 0.3) is 0 Å². The lowest BCUT2D eigenvalue weighted by Gasteiger charge is -2.15. The number of rotatable bonds is 5. The Balaban J connectivity index is 1.54. The van der Waals surface area contributed by atoms with Crippen molar-refractivity contribution in [1.29, 1.82) is 0 Å². The van der Waals surface area contributed by atoms with E-state index in [2.05, 4.69) is 40.1 Å². The molecule has 0 aromatic carbocycles. The summed E-state index contributed by atoms with van der Waals surface area (Å²) >= 11 is 1.56. The fraction of sp³-hybridized carbons (Fsp3) is 0.500. The van der Waals surface area contributed by atoms with E-state index < -0.39 is 0 Å². The highest BCUT2D eigenvalue weighted by Gasteiger charge is 2.24. The highest BCUT2D eigenvalue weighted by Crippen LogP contribution is 2.26. The van der Waals surface area contributed by atoms with E-state index in [1.54, 1.807) is 11.3 Å². The number of likely N-dealkylation sites (tertiary alicyclic amines) is 1. The van der Waals surface area contributed by atoms with Gasteiger partial charge in [-0.1, -0.05) is 6.07 Å². The molecule has 0 bridgehead atoms. The van der Waals surface area contributed by atoms with E-state index in [4.69, 9.17) is 0 Å². The van der Waals surface area contributed by atoms with E-state index in [-0.39, 0.29) is 5.91 Å². The summed E-state index contributed by atoms with van der Waals surface area (Å²) < 4.78 is 0. The quantitative estimate of drug-likeness (QED) is 0.905. The Morgan fingerprint density at radius 1 is 1.38 bits per heavy atom. The second-order valence-corrected chi connectivity index (χ2v) is 7.78. The van der Waals surface area contributed by atoms with Crippen molar-refractivity contribution in [3.63, 3.8) is 0 Å². The van der Waals surface area contributed by atoms with Crippen molar-refractivity contribution < 1.29 is 4.79 Å². The minimum Gasteiger partial charge on any atom is -0.302 e. The van der Waals surface area contributed by atoms with Gasteiger partial charge in [-0.15, -0.1) is 11.3 Å². The molecule has 3 heterocycles. The minimum atomic E-state index is -0.0701. The van der Waals surface area contributed by atoms with Crippen LogP contribution in [0, 0.1) is 19.8 Å². The van der Waals surface area contributed by atoms with Gasteiger partial charge in [0.15, 0.2) is 5.13 Å². The highest BCUT2D eigenvalue weighted by atomic mass is 32.1. The first-order valence-electron chi connectivity index (χ1n) is 8.36. The Bertz CT molecular complexity index is 728. The Morgan fingerprint density at radius 3 is 3.00 bits per heavy atom. The molecule has 3 rings (SSSR count). The minimum absolute atomic E-state index is 0.0701. The maximum absolute atomic E-state index is 11.1. The first-order chi connectivity index (χ1) is 11.5. The Labute approximate surface area is 147 Å². The van der Waals surface area contributed by atoms with Gasteiger partial charge in [-0.3, -0.25) is 14.7 Å². The third-order valence-electron chi connectivity index (χ3n) is 4.42. The predicted molar refractivity (Wildman–Crippen MR) is 97.2 cm³/mol. The number of aromatic nitrogens is 2. The van der Waals surface area contributed by atoms with E-state index in [0.29, 0.717) is 11.0 Å². The highest BCUT2D eigenvalue weighted by molar-refractivity contribution is 7.15. The summed E-state index contributed by atoms with van der Waals surface area (Å²) in [5, 5.41) is 3.44. The SMILES string of the molecule is CC(=O)Nc1ncc(CN2CCC(Cc3cc(C)cnc3C)C2)s1. The molecule has 1 N–H and O–H groups in total. The molecule has 2 aromatic heterocycles. The number of nitrogens with zero attached hydrogens (tertiary/aromatic N) is 3. The zero-order chi connectivity index (χ0) is 17.1. The lowest BCUT2D eigenvalue weighted by Crippen LogP contribution is -2.20. The van der Waals surface area contributed by atoms with Crippen LogP contribution in [0.1, 0.15) is 35.0 Å². The first kappa shape index (κ1) is 17.0. The van der Waals surface area contributed by atoms with Gasteiger partial charge >= 0.3 is 0 Å². The maximum atomic E-state index is 11.1. The van der Waals surface area contributed by atoms with E-state index >= 15 is 0 Å². The van der Waals surface area contributed by atoms with Crippen molar-refractivity contribution in [1.82, 2.24) is 14.9 Å². The molecule has 1 saturated heterocycles. The average Bonchev–Trinajstić information content (AvgIpc) is 3.13. The summed E-state index contributed by atoms with van der Waals surface area (Å²) in [5.41, 5.74) is 3.77. The number of carbonyl (C=O) groups is 1. The van der Waals surface area contributed by atoms with E-state index in [9.17, 15) is 4.79 Å². The third-order valence-corrected chi connectivity index (χ3v) is 5.32. The van der Waals surface area contributed by atoms with Gasteiger partial charge in [-0.2, -0.15) is 0 Å². The number of thiazole rings is 1. The van der Waals surface area contributed by atoms with Gasteiger partial charge in [0.05, 0.1) is 0 Å². The van der Waals surface area contributed by atoms with Crippen molar-refractivity contribution >= 4 is 22.4 Å². The average molecular weight is 344 g/mol. The van der Waals surface area contributed by atoms with Crippen molar-refractivity contribution in [2.75, 3.05) is 18.4 Å². The van der Waals surface area contributed by atoms with E-state index in [0.717, 1.165) is 31.7 Å². The van der Waals surface area contributed by atoms with Crippen molar-refractivity contribution in [2.24, 2.45) is 5.92 Å². The molecule has 0 radical (unpaired) electrons. The van der Waals surface area contributed by atoms with Crippen LogP contribution in [-0.4, -0.2) is 33.9 Å². The smallest absolute Gasteiger partial charge is 0.223 e. The Kier molecular flexibility index (Phi) is 5.26. The maximum Gasteiger partial charge on any atom is 0.223 e. The van der Waals surface area contributed by atoms with Gasteiger partial charge in [0, 0.05) is 43.0 Å². The van der Waals surface area contributed by atoms with Crippen LogP contribution in [0.3, 0.4) is 0 Å². The topological polar surface area (TPSA) is 58.1 Å². The number of aryl methyl sites for hydroxylation is 2. The van der Waals surface area contributed by atoms with Crippen LogP contribution in [0.2, 0.25) is 0 Å². The second kappa shape index (κ2) is 7.40. The van der Waals surface area contributed by atoms with Crippen LogP contribution in [0.4, 0.5) is 5.13 Å². The monoisotopic (exact) mass is 344 g/mol. The number of nitrogens with one attached hydrogen (secondary N) is 1. The van der Waals surface area contributed by atoms with Crippen LogP contribution in [0.5, 0.6) is 0 Å². The van der Waals surface area contributed by atoms with Crippen molar-refractivity contribution in [3.8, 4) is 0 Å². The molecule has 24 heavy (non-hydrogen) atoms. The van der Waals surface area contributed by atoms with Crippen LogP contribution < -0.4 is 5.32 Å². The van der Waals surface area contributed by atoms with Gasteiger partial charge in [0.2, 0.25) is 5.91 Å². The number of amides is 1. The zero-order valence-corrected chi connectivity index (χ0v) is 15.3. The molecule has 6 heteroatoms. The molecule has 0 spiro atoms. The predicted octanol–water partition coefficient (Wildman–Crippen LogP) is 3.18. The fourth-order valence-electron chi connectivity index (χ4n) is 3.25. The lowest BCUT2D eigenvalue weighted by atomic mass is 9.97. The largest absolute Gasteiger partial charge is 0.302 e. The lowest BCUT2D eigenvalue weighted by molar-refractivity contribution is -0.114. The summed E-state index contributed by atoms with van der Waals surface area (Å²) in [6.45, 7) is 8.86. The molecule has 1 fully saturated rings. The van der Waals surface area contributed by atoms with Crippen LogP contribution in [-0.2, 0) is 17.8 Å². The summed E-state index contributed by atoms with van der Waals surface area (Å²) in [7, 11) is 0. The van der Waals surface area contributed by atoms with Gasteiger partial charge in [-0.25, -0.2) is 4.98 Å². The zero-order valence-electron chi connectivity index (χ0n) is 14.5. The summed E-state index contributed by atoms with van der Waals surface area (Å²) in [6.07, 6.45) is 6.15. The number of hydrogen-bond acceptors (Lipinski definition) is 5. The van der Waals surface area contributed by atoms with Crippen LogP contribution in [0.25, 0.3) is 0 Å². The first-order valence-corrected chi connectivity index (χ1v) is 9.18. The molecule has 5 nitrogen and oxygen atoms in total. The Hall–Kier alpha value is -1.79. The molecule has 2 aromatic rings. The Morgan fingerprint density at radius 2 is 2.21 bits per heavy atom. The summed E-state index contributed by atoms with van der Waals surface area (Å²) in [5.74, 6) is 0.620. The number of pyridine rings is 1. The molecule has 0 aliphatic carbocycles. The fourth-order valence-corrected chi connectivity index (χ4v) is 4.15. The molecule has 1 aliphatic rings. The molecular formula is C18H24N4OS. The second-order valence-electron chi connectivity index (χ2n) is 6.66. The van der Waals surface area contributed by atoms with E-state index in [1.165, 1.54) is 29.3 Å². The number of hydrogen-bond donors (Lipinski definition) is 1. The summed E-state index contributed by atoms with van der Waals surface area (Å²) in [4.78, 5) is 23.5. The van der Waals surface area contributed by atoms with Gasteiger partial charge < -0.3 is 5.32 Å². The molecule has 128 valence electrons. The third kappa shape index (κ3) is 4.39. The standard InChI is InChI=1S/C18H24N4OS/c1-12-6-16(13(2)19-8-12)7-15-4-5-22(10-15)11-17-9-20-18(24-17)21-14(3)23/h6,8-9,15H,4-5,7,10-11H2,1-3H3,(H,20,21,23). The molecular weight excluding hydrogens is 320 g/mol. The number of anilines is 1. The molecule has 1 unspecified atom stereocenters. The number of carbonyl (C=O) groups excluding carboxylic acids is 1. The van der Waals surface area contributed by atoms with Crippen LogP contribution in [0.15, 0.2) is 18.5 Å². The normalized spacial score (nSPS) is 18.0. The molecule has 1 amide bonds. The van der Waals surface area contributed by atoms with E-state index in [1.807, 2.05) is 12.4 Å². The summed E-state index contributed by atoms with van der Waals surface area (Å²) in [6, 6.07) is 2.27. The van der Waals surface area contributed by atoms with Crippen LogP contribution >= 0.6 is 11.3 Å². The molecule has 1 atom stereocenters.